The smallest absolute Gasteiger partial charge is 0.0953 e. The van der Waals surface area contributed by atoms with E-state index in [9.17, 15) is 0 Å². The van der Waals surface area contributed by atoms with Crippen LogP contribution in [0.5, 0.6) is 0 Å². The van der Waals surface area contributed by atoms with Crippen molar-refractivity contribution in [3.05, 3.63) is 18.7 Å². The molecule has 0 aliphatic carbocycles. The highest BCUT2D eigenvalue weighted by Crippen LogP contribution is 2.12. The fourth-order valence-electron chi connectivity index (χ4n) is 1.12. The van der Waals surface area contributed by atoms with Crippen LogP contribution < -0.4 is 0 Å². The molecule has 0 atom stereocenters. The molecule has 0 fully saturated rings. The molecule has 1 radical (unpaired) electrons. The standard InChI is InChI=1S/C8H13N2/c1-3-8(4-2)10-6-5-9-7-10/h5,7-8H,3-4H2,1-2H3. The largest absolute Gasteiger partial charge is 0.326 e. The van der Waals surface area contributed by atoms with Crippen molar-refractivity contribution >= 4 is 0 Å². The quantitative estimate of drug-likeness (QED) is 0.623. The summed E-state index contributed by atoms with van der Waals surface area (Å²) in [4.78, 5) is 3.95. The Bertz CT molecular complexity index is 163. The van der Waals surface area contributed by atoms with E-state index in [2.05, 4.69) is 25.0 Å². The molecule has 1 aromatic heterocycles. The molecule has 55 valence electrons. The summed E-state index contributed by atoms with van der Waals surface area (Å²) in [6.45, 7) is 4.37. The summed E-state index contributed by atoms with van der Waals surface area (Å²) in [5, 5.41) is 0. The number of aromatic nitrogens is 2. The minimum absolute atomic E-state index is 0.586. The second-order valence-electron chi connectivity index (χ2n) is 2.40. The van der Waals surface area contributed by atoms with Gasteiger partial charge in [-0.05, 0) is 12.8 Å². The van der Waals surface area contributed by atoms with Crippen LogP contribution in [-0.4, -0.2) is 9.55 Å². The van der Waals surface area contributed by atoms with Gasteiger partial charge in [0.1, 0.15) is 0 Å². The highest BCUT2D eigenvalue weighted by Gasteiger charge is 2.02. The van der Waals surface area contributed by atoms with Crippen LogP contribution in [0.4, 0.5) is 0 Å². The van der Waals surface area contributed by atoms with Crippen molar-refractivity contribution in [2.24, 2.45) is 0 Å². The summed E-state index contributed by atoms with van der Waals surface area (Å²) in [5.74, 6) is 0. The Morgan fingerprint density at radius 3 is 2.60 bits per heavy atom. The number of hydrogen-bond acceptors (Lipinski definition) is 1. The van der Waals surface area contributed by atoms with Gasteiger partial charge in [-0.2, -0.15) is 0 Å². The summed E-state index contributed by atoms with van der Waals surface area (Å²) in [6, 6.07) is 0.586. The van der Waals surface area contributed by atoms with Gasteiger partial charge in [0.15, 0.2) is 0 Å². The molecule has 0 amide bonds. The minimum Gasteiger partial charge on any atom is -0.326 e. The molecule has 0 bridgehead atoms. The van der Waals surface area contributed by atoms with E-state index >= 15 is 0 Å². The first kappa shape index (κ1) is 7.32. The molecule has 0 N–H and O–H groups in total. The van der Waals surface area contributed by atoms with Gasteiger partial charge in [-0.3, -0.25) is 0 Å². The lowest BCUT2D eigenvalue weighted by Crippen LogP contribution is -2.03. The molecule has 1 rings (SSSR count). The van der Waals surface area contributed by atoms with Crippen molar-refractivity contribution in [1.82, 2.24) is 9.55 Å². The van der Waals surface area contributed by atoms with Gasteiger partial charge in [0, 0.05) is 6.04 Å². The molecular weight excluding hydrogens is 124 g/mol. The van der Waals surface area contributed by atoms with Crippen molar-refractivity contribution in [2.75, 3.05) is 0 Å². The Morgan fingerprint density at radius 2 is 2.20 bits per heavy atom. The average molecular weight is 137 g/mol. The van der Waals surface area contributed by atoms with E-state index < -0.39 is 0 Å². The third kappa shape index (κ3) is 1.38. The Labute approximate surface area is 61.9 Å². The maximum absolute atomic E-state index is 3.95. The van der Waals surface area contributed by atoms with E-state index in [0.717, 1.165) is 12.8 Å². The normalized spacial score (nSPS) is 10.7. The van der Waals surface area contributed by atoms with Gasteiger partial charge in [0.2, 0.25) is 0 Å². The molecule has 0 aliphatic heterocycles. The fraction of sp³-hybridized carbons (Fsp3) is 0.625. The van der Waals surface area contributed by atoms with E-state index in [-0.39, 0.29) is 0 Å². The van der Waals surface area contributed by atoms with E-state index in [1.165, 1.54) is 0 Å². The van der Waals surface area contributed by atoms with E-state index in [1.807, 2.05) is 10.9 Å². The molecular formula is C8H13N2. The third-order valence-corrected chi connectivity index (χ3v) is 1.81. The SMILES string of the molecule is CCC(CC)n1[c]cnc1. The fourth-order valence-corrected chi connectivity index (χ4v) is 1.12. The van der Waals surface area contributed by atoms with E-state index in [4.69, 9.17) is 0 Å². The molecule has 10 heavy (non-hydrogen) atoms. The Kier molecular flexibility index (Phi) is 2.49. The zero-order chi connectivity index (χ0) is 7.40. The Balaban J connectivity index is 2.64. The molecule has 0 unspecified atom stereocenters. The maximum atomic E-state index is 3.95. The van der Waals surface area contributed by atoms with Gasteiger partial charge in [0.05, 0.1) is 18.7 Å². The maximum Gasteiger partial charge on any atom is 0.0953 e. The van der Waals surface area contributed by atoms with Gasteiger partial charge in [-0.1, -0.05) is 13.8 Å². The highest BCUT2D eigenvalue weighted by molar-refractivity contribution is 4.76. The van der Waals surface area contributed by atoms with Gasteiger partial charge >= 0.3 is 0 Å². The monoisotopic (exact) mass is 137 g/mol. The number of nitrogens with zero attached hydrogens (tertiary/aromatic N) is 2. The van der Waals surface area contributed by atoms with Crippen LogP contribution in [0.1, 0.15) is 32.7 Å². The van der Waals surface area contributed by atoms with Crippen LogP contribution in [0.15, 0.2) is 12.5 Å². The summed E-state index contributed by atoms with van der Waals surface area (Å²) in [5.41, 5.74) is 0. The van der Waals surface area contributed by atoms with Gasteiger partial charge in [-0.25, -0.2) is 4.98 Å². The van der Waals surface area contributed by atoms with E-state index in [0.29, 0.717) is 6.04 Å². The number of rotatable bonds is 3. The van der Waals surface area contributed by atoms with Crippen LogP contribution in [0.3, 0.4) is 0 Å². The Morgan fingerprint density at radius 1 is 1.50 bits per heavy atom. The zero-order valence-corrected chi connectivity index (χ0v) is 6.54. The van der Waals surface area contributed by atoms with Gasteiger partial charge < -0.3 is 4.57 Å². The lowest BCUT2D eigenvalue weighted by Gasteiger charge is -2.12. The zero-order valence-electron chi connectivity index (χ0n) is 6.54. The average Bonchev–Trinajstić information content (AvgIpc) is 2.43. The van der Waals surface area contributed by atoms with Crippen LogP contribution in [0, 0.1) is 6.20 Å². The molecule has 2 heteroatoms. The van der Waals surface area contributed by atoms with Gasteiger partial charge in [-0.15, -0.1) is 0 Å². The van der Waals surface area contributed by atoms with Crippen molar-refractivity contribution in [1.29, 1.82) is 0 Å². The second kappa shape index (κ2) is 3.40. The van der Waals surface area contributed by atoms with E-state index in [1.54, 1.807) is 6.20 Å². The first-order chi connectivity index (χ1) is 4.88. The van der Waals surface area contributed by atoms with Crippen LogP contribution in [0.25, 0.3) is 0 Å². The molecule has 0 aromatic carbocycles. The lowest BCUT2D eigenvalue weighted by atomic mass is 10.2. The predicted molar refractivity (Wildman–Crippen MR) is 40.7 cm³/mol. The number of imidazole rings is 1. The molecule has 0 aliphatic rings. The Hall–Kier alpha value is -0.790. The van der Waals surface area contributed by atoms with Crippen LogP contribution in [0.2, 0.25) is 0 Å². The summed E-state index contributed by atoms with van der Waals surface area (Å²) in [7, 11) is 0. The second-order valence-corrected chi connectivity index (χ2v) is 2.40. The minimum atomic E-state index is 0.586. The summed E-state index contributed by atoms with van der Waals surface area (Å²) >= 11 is 0. The third-order valence-electron chi connectivity index (χ3n) is 1.81. The first-order valence-electron chi connectivity index (χ1n) is 3.78. The number of hydrogen-bond donors (Lipinski definition) is 0. The predicted octanol–water partition coefficient (Wildman–Crippen LogP) is 2.04. The summed E-state index contributed by atoms with van der Waals surface area (Å²) in [6.07, 6.45) is 8.89. The first-order valence-corrected chi connectivity index (χ1v) is 3.78. The molecule has 0 saturated carbocycles. The molecule has 1 heterocycles. The lowest BCUT2D eigenvalue weighted by molar-refractivity contribution is 0.469. The molecule has 2 nitrogen and oxygen atoms in total. The summed E-state index contributed by atoms with van der Waals surface area (Å²) < 4.78 is 2.04. The van der Waals surface area contributed by atoms with Crippen LogP contribution >= 0.6 is 0 Å². The topological polar surface area (TPSA) is 17.8 Å². The van der Waals surface area contributed by atoms with Crippen molar-refractivity contribution in [3.8, 4) is 0 Å². The molecule has 0 saturated heterocycles. The highest BCUT2D eigenvalue weighted by atomic mass is 15.0. The molecule has 1 aromatic rings. The van der Waals surface area contributed by atoms with Gasteiger partial charge in [0.25, 0.3) is 0 Å². The van der Waals surface area contributed by atoms with Crippen LogP contribution in [-0.2, 0) is 0 Å². The van der Waals surface area contributed by atoms with Crippen molar-refractivity contribution in [2.45, 2.75) is 32.7 Å². The van der Waals surface area contributed by atoms with Crippen molar-refractivity contribution in [3.63, 3.8) is 0 Å². The van der Waals surface area contributed by atoms with Crippen molar-refractivity contribution < 1.29 is 0 Å². The molecule has 0 spiro atoms.